The van der Waals surface area contributed by atoms with Crippen LogP contribution in [0, 0.1) is 0 Å². The molecule has 0 aliphatic carbocycles. The van der Waals surface area contributed by atoms with E-state index in [1.165, 1.54) is 0 Å². The Labute approximate surface area is 60.7 Å². The minimum atomic E-state index is -0.591. The van der Waals surface area contributed by atoms with Gasteiger partial charge in [-0.2, -0.15) is 0 Å². The molecule has 60 valence electrons. The Hall–Kier alpha value is -0.410. The Morgan fingerprint density at radius 3 is 1.70 bits per heavy atom. The molecule has 10 heavy (non-hydrogen) atoms. The van der Waals surface area contributed by atoms with Crippen LogP contribution in [0.2, 0.25) is 0 Å². The number of ketones is 1. The number of rotatable bonds is 4. The monoisotopic (exact) mass is 146 g/mol. The lowest BCUT2D eigenvalue weighted by Gasteiger charge is -2.04. The smallest absolute Gasteiger partial charge is 0.138 e. The zero-order chi connectivity index (χ0) is 8.15. The summed E-state index contributed by atoms with van der Waals surface area (Å²) in [5, 5.41) is 17.5. The summed E-state index contributed by atoms with van der Waals surface area (Å²) >= 11 is 0. The molecule has 0 rings (SSSR count). The van der Waals surface area contributed by atoms with Crippen molar-refractivity contribution in [1.29, 1.82) is 0 Å². The van der Waals surface area contributed by atoms with Crippen molar-refractivity contribution in [2.24, 2.45) is 0 Å². The zero-order valence-electron chi connectivity index (χ0n) is 6.37. The predicted octanol–water partition coefficient (Wildman–Crippen LogP) is 0.0973. The molecular formula is C7H14O3. The van der Waals surface area contributed by atoms with Crippen LogP contribution < -0.4 is 0 Å². The first kappa shape index (κ1) is 9.59. The molecule has 0 aromatic carbocycles. The first-order valence-corrected chi connectivity index (χ1v) is 3.40. The second kappa shape index (κ2) is 4.41. The van der Waals surface area contributed by atoms with Crippen molar-refractivity contribution >= 4 is 5.78 Å². The Morgan fingerprint density at radius 1 is 1.20 bits per heavy atom. The minimum absolute atomic E-state index is 0.0926. The Bertz CT molecular complexity index is 95.4. The largest absolute Gasteiger partial charge is 0.393 e. The summed E-state index contributed by atoms with van der Waals surface area (Å²) < 4.78 is 0. The summed E-state index contributed by atoms with van der Waals surface area (Å²) in [6.45, 7) is 3.11. The zero-order valence-corrected chi connectivity index (χ0v) is 6.37. The van der Waals surface area contributed by atoms with E-state index >= 15 is 0 Å². The number of carbonyl (C=O) groups excluding carboxylic acids is 1. The summed E-state index contributed by atoms with van der Waals surface area (Å²) in [5.41, 5.74) is 0. The van der Waals surface area contributed by atoms with Crippen LogP contribution in [0.5, 0.6) is 0 Å². The molecule has 3 heteroatoms. The summed E-state index contributed by atoms with van der Waals surface area (Å²) in [4.78, 5) is 10.7. The number of aliphatic hydroxyl groups excluding tert-OH is 2. The summed E-state index contributed by atoms with van der Waals surface area (Å²) in [7, 11) is 0. The third-order valence-electron chi connectivity index (χ3n) is 1.05. The molecule has 0 aromatic rings. The highest BCUT2D eigenvalue weighted by molar-refractivity contribution is 5.79. The first-order chi connectivity index (χ1) is 4.52. The lowest BCUT2D eigenvalue weighted by atomic mass is 10.1. The molecule has 0 fully saturated rings. The molecule has 0 saturated heterocycles. The lowest BCUT2D eigenvalue weighted by molar-refractivity contribution is -0.122. The van der Waals surface area contributed by atoms with Crippen LogP contribution in [-0.2, 0) is 4.79 Å². The van der Waals surface area contributed by atoms with Crippen molar-refractivity contribution < 1.29 is 15.0 Å². The summed E-state index contributed by atoms with van der Waals surface area (Å²) in [6, 6.07) is 0. The summed E-state index contributed by atoms with van der Waals surface area (Å²) in [6.07, 6.45) is -0.895. The average Bonchev–Trinajstić information content (AvgIpc) is 1.58. The van der Waals surface area contributed by atoms with E-state index in [0.717, 1.165) is 0 Å². The van der Waals surface area contributed by atoms with Gasteiger partial charge in [0.15, 0.2) is 0 Å². The third kappa shape index (κ3) is 5.72. The number of aliphatic hydroxyl groups is 2. The maximum absolute atomic E-state index is 10.7. The molecule has 2 N–H and O–H groups in total. The van der Waals surface area contributed by atoms with E-state index in [9.17, 15) is 4.79 Å². The van der Waals surface area contributed by atoms with Gasteiger partial charge in [-0.3, -0.25) is 4.79 Å². The van der Waals surface area contributed by atoms with Gasteiger partial charge in [-0.15, -0.1) is 0 Å². The SMILES string of the molecule is CC(O)CC(=O)CC(C)O. The van der Waals surface area contributed by atoms with Crippen LogP contribution >= 0.6 is 0 Å². The first-order valence-electron chi connectivity index (χ1n) is 3.40. The molecule has 0 heterocycles. The molecule has 0 amide bonds. The van der Waals surface area contributed by atoms with E-state index in [4.69, 9.17) is 10.2 Å². The highest BCUT2D eigenvalue weighted by atomic mass is 16.3. The van der Waals surface area contributed by atoms with Gasteiger partial charge in [0.25, 0.3) is 0 Å². The van der Waals surface area contributed by atoms with Gasteiger partial charge >= 0.3 is 0 Å². The molecule has 2 atom stereocenters. The van der Waals surface area contributed by atoms with Gasteiger partial charge in [0.1, 0.15) is 5.78 Å². The van der Waals surface area contributed by atoms with Crippen molar-refractivity contribution in [3.63, 3.8) is 0 Å². The van der Waals surface area contributed by atoms with Crippen LogP contribution in [0.25, 0.3) is 0 Å². The number of Topliss-reactive ketones (excluding diaryl/α,β-unsaturated/α-hetero) is 1. The Balaban J connectivity index is 3.44. The topological polar surface area (TPSA) is 57.5 Å². The van der Waals surface area contributed by atoms with E-state index in [2.05, 4.69) is 0 Å². The quantitative estimate of drug-likeness (QED) is 0.591. The van der Waals surface area contributed by atoms with E-state index in [1.807, 2.05) is 0 Å². The van der Waals surface area contributed by atoms with Gasteiger partial charge in [0.05, 0.1) is 12.2 Å². The molecule has 0 bridgehead atoms. The van der Waals surface area contributed by atoms with Gasteiger partial charge in [0, 0.05) is 12.8 Å². The van der Waals surface area contributed by atoms with Crippen molar-refractivity contribution in [3.8, 4) is 0 Å². The second-order valence-corrected chi connectivity index (χ2v) is 2.64. The van der Waals surface area contributed by atoms with Crippen LogP contribution in [0.4, 0.5) is 0 Å². The van der Waals surface area contributed by atoms with E-state index in [0.29, 0.717) is 0 Å². The molecule has 2 unspecified atom stereocenters. The molecule has 0 saturated carbocycles. The van der Waals surface area contributed by atoms with E-state index in [1.54, 1.807) is 13.8 Å². The third-order valence-corrected chi connectivity index (χ3v) is 1.05. The normalized spacial score (nSPS) is 16.4. The van der Waals surface area contributed by atoms with Crippen LogP contribution in [0.1, 0.15) is 26.7 Å². The van der Waals surface area contributed by atoms with Crippen molar-refractivity contribution in [3.05, 3.63) is 0 Å². The molecule has 0 aromatic heterocycles. The van der Waals surface area contributed by atoms with Crippen molar-refractivity contribution in [2.45, 2.75) is 38.9 Å². The van der Waals surface area contributed by atoms with E-state index in [-0.39, 0.29) is 18.6 Å². The molecule has 0 aliphatic heterocycles. The van der Waals surface area contributed by atoms with Crippen molar-refractivity contribution in [2.75, 3.05) is 0 Å². The van der Waals surface area contributed by atoms with Gasteiger partial charge < -0.3 is 10.2 Å². The second-order valence-electron chi connectivity index (χ2n) is 2.64. The number of carbonyl (C=O) groups is 1. The van der Waals surface area contributed by atoms with Crippen LogP contribution in [0.15, 0.2) is 0 Å². The highest BCUT2D eigenvalue weighted by Gasteiger charge is 2.08. The predicted molar refractivity (Wildman–Crippen MR) is 37.6 cm³/mol. The highest BCUT2D eigenvalue weighted by Crippen LogP contribution is 1.98. The van der Waals surface area contributed by atoms with Gasteiger partial charge in [0.2, 0.25) is 0 Å². The Morgan fingerprint density at radius 2 is 1.50 bits per heavy atom. The standard InChI is InChI=1S/C7H14O3/c1-5(8)3-7(10)4-6(2)9/h5-6,8-9H,3-4H2,1-2H3. The Kier molecular flexibility index (Phi) is 4.23. The number of hydrogen-bond acceptors (Lipinski definition) is 3. The minimum Gasteiger partial charge on any atom is -0.393 e. The molecule has 0 spiro atoms. The number of hydrogen-bond donors (Lipinski definition) is 2. The van der Waals surface area contributed by atoms with E-state index < -0.39 is 12.2 Å². The van der Waals surface area contributed by atoms with Gasteiger partial charge in [-0.1, -0.05) is 0 Å². The maximum atomic E-state index is 10.7. The molecule has 0 aliphatic rings. The van der Waals surface area contributed by atoms with Crippen molar-refractivity contribution in [1.82, 2.24) is 0 Å². The van der Waals surface area contributed by atoms with Gasteiger partial charge in [-0.25, -0.2) is 0 Å². The lowest BCUT2D eigenvalue weighted by Crippen LogP contribution is -2.14. The maximum Gasteiger partial charge on any atom is 0.138 e. The summed E-state index contributed by atoms with van der Waals surface area (Å²) in [5.74, 6) is -0.0926. The molecule has 0 radical (unpaired) electrons. The molecular weight excluding hydrogens is 132 g/mol. The molecule has 3 nitrogen and oxygen atoms in total. The fourth-order valence-corrected chi connectivity index (χ4v) is 0.742. The average molecular weight is 146 g/mol. The van der Waals surface area contributed by atoms with Gasteiger partial charge in [-0.05, 0) is 13.8 Å². The van der Waals surface area contributed by atoms with Crippen LogP contribution in [0.3, 0.4) is 0 Å². The van der Waals surface area contributed by atoms with Crippen LogP contribution in [-0.4, -0.2) is 28.2 Å². The fraction of sp³-hybridized carbons (Fsp3) is 0.857. The fourth-order valence-electron chi connectivity index (χ4n) is 0.742.